The fraction of sp³-hybridized carbons (Fsp3) is 0.565. The molecular weight excluding hydrogens is 508 g/mol. The molecule has 0 amide bonds. The summed E-state index contributed by atoms with van der Waals surface area (Å²) in [7, 11) is 0. The van der Waals surface area contributed by atoms with Gasteiger partial charge in [0.15, 0.2) is 0 Å². The molecule has 0 fully saturated rings. The monoisotopic (exact) mass is 545 g/mol. The molecule has 1 aromatic carbocycles. The first kappa shape index (κ1) is 37.9. The molecule has 0 aromatic heterocycles. The zero-order valence-corrected chi connectivity index (χ0v) is 20.1. The topological polar surface area (TPSA) is 168 Å². The van der Waals surface area contributed by atoms with Gasteiger partial charge in [0.25, 0.3) is 0 Å². The summed E-state index contributed by atoms with van der Waals surface area (Å²) < 4.78 is 5.43. The van der Waals surface area contributed by atoms with Gasteiger partial charge in [0.2, 0.25) is 0 Å². The Hall–Kier alpha value is -1.22. The maximum absolute atomic E-state index is 11.5. The molecule has 0 bridgehead atoms. The van der Waals surface area contributed by atoms with Gasteiger partial charge >= 0.3 is 83.0 Å². The second-order valence-corrected chi connectivity index (χ2v) is 8.02. The quantitative estimate of drug-likeness (QED) is 0.156. The van der Waals surface area contributed by atoms with Crippen LogP contribution in [0.5, 0.6) is 5.75 Å². The Morgan fingerprint density at radius 2 is 1.22 bits per heavy atom. The van der Waals surface area contributed by atoms with Crippen molar-refractivity contribution >= 4 is 83.0 Å². The molecule has 0 radical (unpaired) electrons. The van der Waals surface area contributed by atoms with E-state index in [0.717, 1.165) is 5.56 Å². The first-order valence-corrected chi connectivity index (χ1v) is 11.3. The first-order valence-electron chi connectivity index (χ1n) is 11.3. The van der Waals surface area contributed by atoms with Crippen molar-refractivity contribution in [2.75, 3.05) is 59.0 Å². The van der Waals surface area contributed by atoms with E-state index in [1.54, 1.807) is 41.0 Å². The molecule has 37 heavy (non-hydrogen) atoms. The van der Waals surface area contributed by atoms with Crippen LogP contribution in [-0.2, 0) is 25.6 Å². The van der Waals surface area contributed by atoms with Crippen molar-refractivity contribution < 1.29 is 44.3 Å². The van der Waals surface area contributed by atoms with Crippen molar-refractivity contribution in [1.82, 2.24) is 14.7 Å². The first-order chi connectivity index (χ1) is 16.5. The molecule has 12 nitrogen and oxygen atoms in total. The molecule has 0 heterocycles. The number of aliphatic carboxylic acids is 4. The molecule has 200 valence electrons. The van der Waals surface area contributed by atoms with E-state index in [-0.39, 0.29) is 98.3 Å². The molecule has 4 N–H and O–H groups in total. The van der Waals surface area contributed by atoms with Crippen molar-refractivity contribution in [1.29, 1.82) is 0 Å². The van der Waals surface area contributed by atoms with Gasteiger partial charge in [0.05, 0.1) is 32.8 Å². The SMILES string of the molecule is CCOc1ccc(C[C@@H](CN(CCN(CC)CC(=O)O)CC(=O)O)N(CC(=O)O)CC(=O)O)cc1.[NaH].[NaH]. The summed E-state index contributed by atoms with van der Waals surface area (Å²) in [6.45, 7) is 3.53. The molecule has 1 aromatic rings. The van der Waals surface area contributed by atoms with Gasteiger partial charge in [-0.1, -0.05) is 19.1 Å². The number of carbonyl (C=O) groups is 4. The van der Waals surface area contributed by atoms with E-state index in [9.17, 15) is 34.5 Å². The number of likely N-dealkylation sites (N-methyl/N-ethyl adjacent to an activating group) is 1. The molecule has 0 unspecified atom stereocenters. The molecule has 14 heteroatoms. The normalized spacial score (nSPS) is 11.5. The Morgan fingerprint density at radius 1 is 0.757 bits per heavy atom. The third-order valence-electron chi connectivity index (χ3n) is 5.27. The van der Waals surface area contributed by atoms with Crippen LogP contribution in [0.3, 0.4) is 0 Å². The second kappa shape index (κ2) is 20.7. The molecule has 0 aliphatic carbocycles. The van der Waals surface area contributed by atoms with Crippen LogP contribution in [0.2, 0.25) is 0 Å². The van der Waals surface area contributed by atoms with Gasteiger partial charge in [0, 0.05) is 25.7 Å². The van der Waals surface area contributed by atoms with Crippen LogP contribution in [0.25, 0.3) is 0 Å². The predicted octanol–water partition coefficient (Wildman–Crippen LogP) is -1.04. The number of rotatable bonds is 19. The minimum atomic E-state index is -1.20. The zero-order chi connectivity index (χ0) is 26.4. The summed E-state index contributed by atoms with van der Waals surface area (Å²) in [5.74, 6) is -3.85. The molecular formula is C23H37N3Na2O9. The van der Waals surface area contributed by atoms with Crippen molar-refractivity contribution in [2.45, 2.75) is 26.3 Å². The Labute approximate surface area is 261 Å². The summed E-state index contributed by atoms with van der Waals surface area (Å²) >= 11 is 0. The van der Waals surface area contributed by atoms with Gasteiger partial charge in [-0.15, -0.1) is 0 Å². The minimum absolute atomic E-state index is 0. The number of hydrogen-bond donors (Lipinski definition) is 4. The molecule has 0 aliphatic heterocycles. The van der Waals surface area contributed by atoms with Gasteiger partial charge in [0.1, 0.15) is 5.75 Å². The fourth-order valence-electron chi connectivity index (χ4n) is 3.68. The number of ether oxygens (including phenoxy) is 1. The van der Waals surface area contributed by atoms with Crippen molar-refractivity contribution in [3.8, 4) is 5.75 Å². The molecule has 1 atom stereocenters. The van der Waals surface area contributed by atoms with E-state index in [1.807, 2.05) is 6.92 Å². The van der Waals surface area contributed by atoms with E-state index < -0.39 is 43.0 Å². The number of benzene rings is 1. The average Bonchev–Trinajstić information content (AvgIpc) is 2.75. The summed E-state index contributed by atoms with van der Waals surface area (Å²) in [4.78, 5) is 50.0. The van der Waals surface area contributed by atoms with Crippen molar-refractivity contribution in [2.24, 2.45) is 0 Å². The standard InChI is InChI=1S/C23H35N3O9.2Na.2H/c1-3-24(13-20(27)28)9-10-25(14-21(29)30)12-18(26(15-22(31)32)16-23(33)34)11-17-5-7-19(8-6-17)35-4-2;;;;/h5-8,18H,3-4,9-16H2,1-2H3,(H,27,28)(H,29,30)(H,31,32)(H,33,34);;;;/t18-;;;;/m0..../s1. The van der Waals surface area contributed by atoms with Crippen LogP contribution < -0.4 is 4.74 Å². The summed E-state index contributed by atoms with van der Waals surface area (Å²) in [5, 5.41) is 37.2. The fourth-order valence-corrected chi connectivity index (χ4v) is 3.68. The summed E-state index contributed by atoms with van der Waals surface area (Å²) in [6, 6.07) is 6.48. The van der Waals surface area contributed by atoms with Gasteiger partial charge in [-0.25, -0.2) is 0 Å². The van der Waals surface area contributed by atoms with Gasteiger partial charge in [-0.05, 0) is 37.6 Å². The van der Waals surface area contributed by atoms with E-state index in [4.69, 9.17) is 9.84 Å². The molecule has 0 aliphatic rings. The summed E-state index contributed by atoms with van der Waals surface area (Å²) in [5.41, 5.74) is 0.801. The second-order valence-electron chi connectivity index (χ2n) is 8.02. The third-order valence-corrected chi connectivity index (χ3v) is 5.27. The Bertz CT molecular complexity index is 827. The Balaban J connectivity index is 0. The average molecular weight is 546 g/mol. The van der Waals surface area contributed by atoms with Crippen molar-refractivity contribution in [3.63, 3.8) is 0 Å². The maximum atomic E-state index is 11.5. The van der Waals surface area contributed by atoms with E-state index in [2.05, 4.69) is 0 Å². The van der Waals surface area contributed by atoms with Crippen LogP contribution in [0.4, 0.5) is 0 Å². The molecule has 0 spiro atoms. The van der Waals surface area contributed by atoms with Crippen LogP contribution in [-0.4, -0.2) is 183 Å². The van der Waals surface area contributed by atoms with Gasteiger partial charge in [-0.3, -0.25) is 33.9 Å². The van der Waals surface area contributed by atoms with E-state index in [0.29, 0.717) is 18.9 Å². The van der Waals surface area contributed by atoms with Crippen LogP contribution in [0.15, 0.2) is 24.3 Å². The van der Waals surface area contributed by atoms with Crippen LogP contribution >= 0.6 is 0 Å². The van der Waals surface area contributed by atoms with Gasteiger partial charge in [-0.2, -0.15) is 0 Å². The predicted molar refractivity (Wildman–Crippen MR) is 140 cm³/mol. The molecule has 0 saturated carbocycles. The zero-order valence-electron chi connectivity index (χ0n) is 20.1. The van der Waals surface area contributed by atoms with E-state index >= 15 is 0 Å². The van der Waals surface area contributed by atoms with E-state index in [1.165, 1.54) is 4.90 Å². The number of carboxylic acids is 4. The van der Waals surface area contributed by atoms with Crippen LogP contribution in [0.1, 0.15) is 19.4 Å². The number of hydrogen-bond acceptors (Lipinski definition) is 8. The molecule has 1 rings (SSSR count). The molecule has 0 saturated heterocycles. The summed E-state index contributed by atoms with van der Waals surface area (Å²) in [6.07, 6.45) is 0.274. The van der Waals surface area contributed by atoms with Gasteiger partial charge < -0.3 is 25.2 Å². The van der Waals surface area contributed by atoms with Crippen LogP contribution in [0, 0.1) is 0 Å². The number of carboxylic acid groups (broad SMARTS) is 4. The third kappa shape index (κ3) is 17.1. The Kier molecular flexibility index (Phi) is 21.2. The Morgan fingerprint density at radius 3 is 1.65 bits per heavy atom. The number of nitrogens with zero attached hydrogens (tertiary/aromatic N) is 3. The van der Waals surface area contributed by atoms with Crippen molar-refractivity contribution in [3.05, 3.63) is 29.8 Å².